The Labute approximate surface area is 146 Å². The molecule has 0 N–H and O–H groups in total. The fourth-order valence-electron chi connectivity index (χ4n) is 2.95. The minimum absolute atomic E-state index is 0.157. The van der Waals surface area contributed by atoms with Crippen LogP contribution in [0.1, 0.15) is 32.6 Å². The number of hydrazone groups is 1. The zero-order valence-electron chi connectivity index (χ0n) is 14.2. The Morgan fingerprint density at radius 1 is 1.12 bits per heavy atom. The standard InChI is InChI=1S/C18H21N3O4/c1-13(17(23)20-11-5-6-12-20)25-18(24)15-9-10-16(22)21(19-15)14-7-3-2-4-8-14/h2-4,7-8,13H,5-6,9-12H2,1H3. The van der Waals surface area contributed by atoms with Crippen molar-refractivity contribution in [2.24, 2.45) is 5.10 Å². The van der Waals surface area contributed by atoms with E-state index in [4.69, 9.17) is 4.74 Å². The van der Waals surface area contributed by atoms with Gasteiger partial charge in [-0.25, -0.2) is 9.80 Å². The number of nitrogens with zero attached hydrogens (tertiary/aromatic N) is 3. The molecule has 3 rings (SSSR count). The van der Waals surface area contributed by atoms with Gasteiger partial charge in [0.05, 0.1) is 5.69 Å². The molecule has 1 aromatic carbocycles. The highest BCUT2D eigenvalue weighted by Gasteiger charge is 2.30. The van der Waals surface area contributed by atoms with E-state index in [9.17, 15) is 14.4 Å². The summed E-state index contributed by atoms with van der Waals surface area (Å²) in [5, 5.41) is 5.36. The molecule has 0 aromatic heterocycles. The van der Waals surface area contributed by atoms with Gasteiger partial charge in [0, 0.05) is 25.9 Å². The molecule has 0 bridgehead atoms. The number of esters is 1. The third kappa shape index (κ3) is 3.87. The van der Waals surface area contributed by atoms with Crippen molar-refractivity contribution in [1.82, 2.24) is 4.90 Å². The summed E-state index contributed by atoms with van der Waals surface area (Å²) in [5.41, 5.74) is 0.753. The smallest absolute Gasteiger partial charge is 0.355 e. The molecule has 1 unspecified atom stereocenters. The number of hydrogen-bond acceptors (Lipinski definition) is 5. The average molecular weight is 343 g/mol. The summed E-state index contributed by atoms with van der Waals surface area (Å²) in [5.74, 6) is -1.00. The Bertz CT molecular complexity index is 696. The molecule has 2 heterocycles. The highest BCUT2D eigenvalue weighted by Crippen LogP contribution is 2.20. The van der Waals surface area contributed by atoms with Crippen molar-refractivity contribution in [2.45, 2.75) is 38.7 Å². The first kappa shape index (κ1) is 17.1. The molecule has 2 aliphatic heterocycles. The van der Waals surface area contributed by atoms with Gasteiger partial charge in [0.1, 0.15) is 5.71 Å². The van der Waals surface area contributed by atoms with Crippen LogP contribution in [0.2, 0.25) is 0 Å². The minimum Gasteiger partial charge on any atom is -0.448 e. The van der Waals surface area contributed by atoms with E-state index in [0.29, 0.717) is 18.8 Å². The van der Waals surface area contributed by atoms with Crippen LogP contribution >= 0.6 is 0 Å². The number of anilines is 1. The number of carbonyl (C=O) groups is 3. The molecule has 0 spiro atoms. The Morgan fingerprint density at radius 3 is 2.48 bits per heavy atom. The van der Waals surface area contributed by atoms with Gasteiger partial charge in [-0.05, 0) is 31.9 Å². The third-order valence-corrected chi connectivity index (χ3v) is 4.32. The summed E-state index contributed by atoms with van der Waals surface area (Å²) in [4.78, 5) is 38.4. The molecule has 2 aliphatic rings. The van der Waals surface area contributed by atoms with Crippen LogP contribution < -0.4 is 5.01 Å². The second kappa shape index (κ2) is 7.46. The van der Waals surface area contributed by atoms with Crippen LogP contribution in [-0.2, 0) is 19.1 Å². The van der Waals surface area contributed by atoms with Gasteiger partial charge in [-0.15, -0.1) is 0 Å². The molecule has 0 aliphatic carbocycles. The number of ether oxygens (including phenoxy) is 1. The lowest BCUT2D eigenvalue weighted by atomic mass is 10.1. The Balaban J connectivity index is 1.68. The van der Waals surface area contributed by atoms with Crippen molar-refractivity contribution in [1.29, 1.82) is 0 Å². The van der Waals surface area contributed by atoms with Crippen LogP contribution in [0.5, 0.6) is 0 Å². The Morgan fingerprint density at radius 2 is 1.80 bits per heavy atom. The van der Waals surface area contributed by atoms with Gasteiger partial charge in [0.15, 0.2) is 6.10 Å². The van der Waals surface area contributed by atoms with Gasteiger partial charge >= 0.3 is 5.97 Å². The molecule has 1 atom stereocenters. The molecule has 1 aromatic rings. The first-order valence-corrected chi connectivity index (χ1v) is 8.51. The molecule has 2 amide bonds. The van der Waals surface area contributed by atoms with E-state index in [-0.39, 0.29) is 30.4 Å². The number of benzene rings is 1. The normalized spacial score (nSPS) is 18.8. The van der Waals surface area contributed by atoms with Gasteiger partial charge in [0.25, 0.3) is 5.91 Å². The monoisotopic (exact) mass is 343 g/mol. The predicted molar refractivity (Wildman–Crippen MR) is 92.0 cm³/mol. The molecule has 1 saturated heterocycles. The maximum absolute atomic E-state index is 12.3. The Kier molecular flexibility index (Phi) is 5.11. The Hall–Kier alpha value is -2.70. The minimum atomic E-state index is -0.851. The van der Waals surface area contributed by atoms with Crippen LogP contribution in [-0.4, -0.2) is 47.6 Å². The van der Waals surface area contributed by atoms with E-state index in [1.807, 2.05) is 6.07 Å². The fourth-order valence-corrected chi connectivity index (χ4v) is 2.95. The predicted octanol–water partition coefficient (Wildman–Crippen LogP) is 1.72. The number of hydrogen-bond donors (Lipinski definition) is 0. The van der Waals surface area contributed by atoms with Crippen molar-refractivity contribution in [3.8, 4) is 0 Å². The van der Waals surface area contributed by atoms with Gasteiger partial charge in [-0.3, -0.25) is 9.59 Å². The molecule has 0 radical (unpaired) electrons. The van der Waals surface area contributed by atoms with Crippen molar-refractivity contribution in [3.63, 3.8) is 0 Å². The number of carbonyl (C=O) groups excluding carboxylic acids is 3. The SMILES string of the molecule is CC(OC(=O)C1=NN(c2ccccc2)C(=O)CC1)C(=O)N1CCCC1. The summed E-state index contributed by atoms with van der Waals surface area (Å²) in [6.45, 7) is 2.98. The molecule has 7 heteroatoms. The summed E-state index contributed by atoms with van der Waals surface area (Å²) < 4.78 is 5.28. The van der Waals surface area contributed by atoms with Crippen LogP contribution in [0.4, 0.5) is 5.69 Å². The van der Waals surface area contributed by atoms with E-state index in [1.165, 1.54) is 5.01 Å². The van der Waals surface area contributed by atoms with Gasteiger partial charge in [-0.1, -0.05) is 18.2 Å². The number of amides is 2. The van der Waals surface area contributed by atoms with E-state index in [2.05, 4.69) is 5.10 Å². The lowest BCUT2D eigenvalue weighted by Crippen LogP contribution is -2.40. The molecule has 25 heavy (non-hydrogen) atoms. The molecular weight excluding hydrogens is 322 g/mol. The maximum Gasteiger partial charge on any atom is 0.355 e. The molecule has 1 fully saturated rings. The quantitative estimate of drug-likeness (QED) is 0.780. The number of para-hydroxylation sites is 1. The summed E-state index contributed by atoms with van der Waals surface area (Å²) >= 11 is 0. The molecule has 132 valence electrons. The first-order valence-electron chi connectivity index (χ1n) is 8.51. The van der Waals surface area contributed by atoms with Crippen molar-refractivity contribution in [3.05, 3.63) is 30.3 Å². The van der Waals surface area contributed by atoms with Crippen LogP contribution in [0.25, 0.3) is 0 Å². The van der Waals surface area contributed by atoms with Crippen molar-refractivity contribution in [2.75, 3.05) is 18.1 Å². The average Bonchev–Trinajstić information content (AvgIpc) is 3.16. The summed E-state index contributed by atoms with van der Waals surface area (Å²) in [6.07, 6.45) is 1.50. The lowest BCUT2D eigenvalue weighted by Gasteiger charge is -2.24. The highest BCUT2D eigenvalue weighted by atomic mass is 16.5. The van der Waals surface area contributed by atoms with E-state index in [1.54, 1.807) is 36.1 Å². The lowest BCUT2D eigenvalue weighted by molar-refractivity contribution is -0.153. The first-order chi connectivity index (χ1) is 12.1. The second-order valence-corrected chi connectivity index (χ2v) is 6.17. The maximum atomic E-state index is 12.3. The van der Waals surface area contributed by atoms with Gasteiger partial charge in [0.2, 0.25) is 5.91 Å². The summed E-state index contributed by atoms with van der Waals surface area (Å²) in [7, 11) is 0. The zero-order valence-corrected chi connectivity index (χ0v) is 14.2. The van der Waals surface area contributed by atoms with Crippen molar-refractivity contribution >= 4 is 29.2 Å². The molecule has 7 nitrogen and oxygen atoms in total. The third-order valence-electron chi connectivity index (χ3n) is 4.32. The van der Waals surface area contributed by atoms with E-state index >= 15 is 0 Å². The highest BCUT2D eigenvalue weighted by molar-refractivity contribution is 6.38. The van der Waals surface area contributed by atoms with Gasteiger partial charge < -0.3 is 9.64 Å². The van der Waals surface area contributed by atoms with E-state index < -0.39 is 12.1 Å². The second-order valence-electron chi connectivity index (χ2n) is 6.17. The van der Waals surface area contributed by atoms with E-state index in [0.717, 1.165) is 12.8 Å². The molecular formula is C18H21N3O4. The zero-order chi connectivity index (χ0) is 17.8. The van der Waals surface area contributed by atoms with Gasteiger partial charge in [-0.2, -0.15) is 5.10 Å². The van der Waals surface area contributed by atoms with Crippen LogP contribution in [0.3, 0.4) is 0 Å². The number of rotatable bonds is 4. The largest absolute Gasteiger partial charge is 0.448 e. The molecule has 0 saturated carbocycles. The number of likely N-dealkylation sites (tertiary alicyclic amines) is 1. The van der Waals surface area contributed by atoms with Crippen LogP contribution in [0.15, 0.2) is 35.4 Å². The van der Waals surface area contributed by atoms with Crippen molar-refractivity contribution < 1.29 is 19.1 Å². The topological polar surface area (TPSA) is 79.3 Å². The summed E-state index contributed by atoms with van der Waals surface area (Å²) in [6, 6.07) is 8.91. The fraction of sp³-hybridized carbons (Fsp3) is 0.444. The van der Waals surface area contributed by atoms with Crippen LogP contribution in [0, 0.1) is 0 Å².